The fraction of sp³-hybridized carbons (Fsp3) is 0.375. The van der Waals surface area contributed by atoms with Crippen LogP contribution in [-0.2, 0) is 19.6 Å². The van der Waals surface area contributed by atoms with Crippen LogP contribution in [0.4, 0.5) is 0 Å². The van der Waals surface area contributed by atoms with E-state index in [2.05, 4.69) is 4.98 Å². The molecular weight excluding hydrogens is 302 g/mol. The molecule has 2 heterocycles. The highest BCUT2D eigenvalue weighted by atomic mass is 35.5. The predicted octanol–water partition coefficient (Wildman–Crippen LogP) is -0.248. The third-order valence-electron chi connectivity index (χ3n) is 2.22. The molecule has 18 heavy (non-hydrogen) atoms. The first-order valence-electron chi connectivity index (χ1n) is 4.76. The number of imide groups is 1. The van der Waals surface area contributed by atoms with Gasteiger partial charge in [0.05, 0.1) is 18.8 Å². The number of piperazine rings is 1. The van der Waals surface area contributed by atoms with Gasteiger partial charge in [-0.25, -0.2) is 13.4 Å². The Labute approximate surface area is 112 Å². The quantitative estimate of drug-likeness (QED) is 0.760. The molecule has 2 amide bonds. The molecule has 1 aliphatic rings. The molecule has 1 fully saturated rings. The summed E-state index contributed by atoms with van der Waals surface area (Å²) >= 11 is 6.45. The summed E-state index contributed by atoms with van der Waals surface area (Å²) in [5, 5.41) is 2.03. The highest BCUT2D eigenvalue weighted by Crippen LogP contribution is 2.29. The molecule has 2 rings (SSSR count). The second-order valence-corrected chi connectivity index (χ2v) is 7.30. The van der Waals surface area contributed by atoms with Crippen LogP contribution in [0.15, 0.2) is 4.21 Å². The Kier molecular flexibility index (Phi) is 3.41. The number of halogens is 1. The summed E-state index contributed by atoms with van der Waals surface area (Å²) in [7, 11) is -3.91. The summed E-state index contributed by atoms with van der Waals surface area (Å²) in [6.45, 7) is 0.729. The van der Waals surface area contributed by atoms with Gasteiger partial charge in [0.15, 0.2) is 8.68 Å². The third kappa shape index (κ3) is 2.39. The number of carbonyl (C=O) groups excluding carboxylic acids is 2. The number of nitrogens with one attached hydrogen (secondary N) is 1. The van der Waals surface area contributed by atoms with Gasteiger partial charge in [0.2, 0.25) is 11.8 Å². The molecular formula is C8H8ClN3O4S2. The van der Waals surface area contributed by atoms with Crippen LogP contribution in [0, 0.1) is 6.92 Å². The normalized spacial score (nSPS) is 17.9. The first-order chi connectivity index (χ1) is 8.30. The second-order valence-electron chi connectivity index (χ2n) is 3.58. The highest BCUT2D eigenvalue weighted by Gasteiger charge is 2.35. The number of aromatic nitrogens is 1. The van der Waals surface area contributed by atoms with Crippen molar-refractivity contribution in [2.75, 3.05) is 13.1 Å². The van der Waals surface area contributed by atoms with Gasteiger partial charge in [-0.15, -0.1) is 0 Å². The minimum Gasteiger partial charge on any atom is -0.294 e. The van der Waals surface area contributed by atoms with Crippen LogP contribution in [0.2, 0.25) is 4.47 Å². The lowest BCUT2D eigenvalue weighted by Gasteiger charge is -2.24. The molecule has 0 aromatic carbocycles. The second kappa shape index (κ2) is 4.57. The molecule has 0 saturated carbocycles. The smallest absolute Gasteiger partial charge is 0.255 e. The Morgan fingerprint density at radius 3 is 2.33 bits per heavy atom. The van der Waals surface area contributed by atoms with Gasteiger partial charge in [-0.05, 0) is 6.92 Å². The lowest BCUT2D eigenvalue weighted by atomic mass is 10.4. The molecule has 1 aliphatic heterocycles. The number of rotatable bonds is 2. The molecule has 1 aromatic heterocycles. The van der Waals surface area contributed by atoms with E-state index >= 15 is 0 Å². The summed E-state index contributed by atoms with van der Waals surface area (Å²) in [5.41, 5.74) is 0.253. The van der Waals surface area contributed by atoms with Crippen molar-refractivity contribution in [3.05, 3.63) is 10.2 Å². The zero-order valence-electron chi connectivity index (χ0n) is 9.14. The maximum atomic E-state index is 12.2. The van der Waals surface area contributed by atoms with Gasteiger partial charge in [-0.1, -0.05) is 22.9 Å². The van der Waals surface area contributed by atoms with E-state index in [9.17, 15) is 18.0 Å². The minimum absolute atomic E-state index is 0.0463. The summed E-state index contributed by atoms with van der Waals surface area (Å²) < 4.78 is 25.3. The molecule has 0 bridgehead atoms. The molecule has 7 nitrogen and oxygen atoms in total. The van der Waals surface area contributed by atoms with Crippen LogP contribution in [0.5, 0.6) is 0 Å². The summed E-state index contributed by atoms with van der Waals surface area (Å²) in [5.74, 6) is -1.30. The first-order valence-corrected chi connectivity index (χ1v) is 7.40. The summed E-state index contributed by atoms with van der Waals surface area (Å²) in [6, 6.07) is 0. The lowest BCUT2D eigenvalue weighted by molar-refractivity contribution is -0.134. The topological polar surface area (TPSA) is 96.4 Å². The van der Waals surface area contributed by atoms with Crippen molar-refractivity contribution in [2.45, 2.75) is 11.1 Å². The van der Waals surface area contributed by atoms with Crippen LogP contribution in [0.3, 0.4) is 0 Å². The van der Waals surface area contributed by atoms with Gasteiger partial charge in [-0.3, -0.25) is 14.9 Å². The molecule has 0 aliphatic carbocycles. The van der Waals surface area contributed by atoms with Crippen LogP contribution in [-0.4, -0.2) is 42.6 Å². The first kappa shape index (κ1) is 13.4. The molecule has 10 heteroatoms. The van der Waals surface area contributed by atoms with Crippen molar-refractivity contribution in [3.8, 4) is 0 Å². The standard InChI is InChI=1S/C8H8ClN3O4S2/c1-4-7(17-8(9)10-4)18(15,16)12-2-5(13)11-6(14)3-12/h2-3H2,1H3,(H,11,13,14). The molecule has 0 atom stereocenters. The zero-order chi connectivity index (χ0) is 13.5. The predicted molar refractivity (Wildman–Crippen MR) is 63.8 cm³/mol. The molecule has 1 saturated heterocycles. The number of sulfonamides is 1. The maximum absolute atomic E-state index is 12.2. The van der Waals surface area contributed by atoms with Crippen LogP contribution in [0.25, 0.3) is 0 Å². The Bertz CT molecular complexity index is 608. The van der Waals surface area contributed by atoms with Gasteiger partial charge < -0.3 is 0 Å². The monoisotopic (exact) mass is 309 g/mol. The van der Waals surface area contributed by atoms with E-state index in [0.29, 0.717) is 0 Å². The average Bonchev–Trinajstić information content (AvgIpc) is 2.57. The Morgan fingerprint density at radius 2 is 1.89 bits per heavy atom. The van der Waals surface area contributed by atoms with Gasteiger partial charge in [-0.2, -0.15) is 4.31 Å². The van der Waals surface area contributed by atoms with E-state index in [0.717, 1.165) is 15.6 Å². The summed E-state index contributed by atoms with van der Waals surface area (Å²) in [4.78, 5) is 26.2. The zero-order valence-corrected chi connectivity index (χ0v) is 11.5. The lowest BCUT2D eigenvalue weighted by Crippen LogP contribution is -2.53. The Morgan fingerprint density at radius 1 is 1.33 bits per heavy atom. The number of hydrogen-bond acceptors (Lipinski definition) is 6. The molecule has 0 radical (unpaired) electrons. The molecule has 0 spiro atoms. The van der Waals surface area contributed by atoms with Gasteiger partial charge in [0.1, 0.15) is 0 Å². The number of nitrogens with zero attached hydrogens (tertiary/aromatic N) is 2. The van der Waals surface area contributed by atoms with Crippen molar-refractivity contribution >= 4 is 44.8 Å². The Balaban J connectivity index is 2.40. The van der Waals surface area contributed by atoms with Crippen molar-refractivity contribution < 1.29 is 18.0 Å². The van der Waals surface area contributed by atoms with E-state index in [-0.39, 0.29) is 27.5 Å². The number of aryl methyl sites for hydroxylation is 1. The van der Waals surface area contributed by atoms with E-state index in [1.807, 2.05) is 5.32 Å². The van der Waals surface area contributed by atoms with E-state index in [1.165, 1.54) is 6.92 Å². The van der Waals surface area contributed by atoms with Crippen LogP contribution < -0.4 is 5.32 Å². The average molecular weight is 310 g/mol. The summed E-state index contributed by atoms with van der Waals surface area (Å²) in [6.07, 6.45) is 0. The van der Waals surface area contributed by atoms with Gasteiger partial charge >= 0.3 is 0 Å². The Hall–Kier alpha value is -1.03. The number of amides is 2. The third-order valence-corrected chi connectivity index (χ3v) is 5.86. The number of thiazole rings is 1. The minimum atomic E-state index is -3.91. The fourth-order valence-electron chi connectivity index (χ4n) is 1.49. The van der Waals surface area contributed by atoms with E-state index < -0.39 is 21.8 Å². The van der Waals surface area contributed by atoms with Crippen LogP contribution in [0.1, 0.15) is 5.69 Å². The van der Waals surface area contributed by atoms with E-state index in [1.54, 1.807) is 0 Å². The van der Waals surface area contributed by atoms with Crippen LogP contribution >= 0.6 is 22.9 Å². The van der Waals surface area contributed by atoms with Crippen molar-refractivity contribution in [2.24, 2.45) is 0 Å². The molecule has 98 valence electrons. The van der Waals surface area contributed by atoms with Gasteiger partial charge in [0.25, 0.3) is 10.0 Å². The van der Waals surface area contributed by atoms with Crippen molar-refractivity contribution in [3.63, 3.8) is 0 Å². The number of carbonyl (C=O) groups is 2. The number of hydrogen-bond donors (Lipinski definition) is 1. The van der Waals surface area contributed by atoms with Crippen molar-refractivity contribution in [1.82, 2.24) is 14.6 Å². The highest BCUT2D eigenvalue weighted by molar-refractivity contribution is 7.91. The molecule has 0 unspecified atom stereocenters. The van der Waals surface area contributed by atoms with Gasteiger partial charge in [0, 0.05) is 0 Å². The molecule has 1 aromatic rings. The van der Waals surface area contributed by atoms with Crippen molar-refractivity contribution in [1.29, 1.82) is 0 Å². The molecule has 1 N–H and O–H groups in total. The maximum Gasteiger partial charge on any atom is 0.255 e. The largest absolute Gasteiger partial charge is 0.294 e. The fourth-order valence-corrected chi connectivity index (χ4v) is 4.71. The van der Waals surface area contributed by atoms with E-state index in [4.69, 9.17) is 11.6 Å². The SMILES string of the molecule is Cc1nc(Cl)sc1S(=O)(=O)N1CC(=O)NC(=O)C1.